The zero-order valence-electron chi connectivity index (χ0n) is 21.5. The van der Waals surface area contributed by atoms with Crippen LogP contribution >= 0.6 is 0 Å². The highest BCUT2D eigenvalue weighted by Gasteiger charge is 2.40. The van der Waals surface area contributed by atoms with Crippen LogP contribution in [0.5, 0.6) is 0 Å². The molecule has 0 aliphatic carbocycles. The average Bonchev–Trinajstić information content (AvgIpc) is 2.78. The third kappa shape index (κ3) is 20.2. The Labute approximate surface area is 253 Å². The lowest BCUT2D eigenvalue weighted by atomic mass is 10.4. The summed E-state index contributed by atoms with van der Waals surface area (Å²) in [4.78, 5) is 0. The molecule has 0 aromatic carbocycles. The standard InChI is InChI=1S/C30H24O3Si3.22H2/c1-9-10-11-12-13-14-15-16-17-18-19-20-21-22-23-24-25-26-27-28-29-32-34(3,4)30-35(5,6)33-36(7,8)31-2;;;;;;;;;;;;;;;;;;;;;;/h1H,30H2,2-8H3;22*1H. The van der Waals surface area contributed by atoms with Crippen LogP contribution in [0.2, 0.25) is 44.9 Å². The first-order chi connectivity index (χ1) is 17.0. The number of hydrogen-bond donors (Lipinski definition) is 0. The van der Waals surface area contributed by atoms with Gasteiger partial charge in [0.25, 0.3) is 8.32 Å². The van der Waals surface area contributed by atoms with E-state index in [1.807, 2.05) is 13.1 Å². The SMILES string of the molecule is C#CC#CC#CC#CC#CC#CC#CC#CC#CC#CC#CO[Si](C)(C)C[Si](C)(C)O[Si](C)(C)OC.[HH].[HH].[HH].[HH].[HH].[HH].[HH].[HH].[HH].[HH].[HH].[HH].[HH].[HH].[HH].[HH].[HH].[HH].[HH].[HH].[HH].[HH]. The Kier molecular flexibility index (Phi) is 15.7. The van der Waals surface area contributed by atoms with Crippen molar-refractivity contribution in [2.75, 3.05) is 7.11 Å². The predicted octanol–water partition coefficient (Wildman–Crippen LogP) is 8.35. The molecule has 0 fully saturated rings. The minimum atomic E-state index is -2.09. The quantitative estimate of drug-likeness (QED) is 0.241. The van der Waals surface area contributed by atoms with E-state index in [4.69, 9.17) is 19.4 Å². The van der Waals surface area contributed by atoms with Crippen LogP contribution < -0.4 is 0 Å². The zero-order valence-corrected chi connectivity index (χ0v) is 24.5. The van der Waals surface area contributed by atoms with E-state index in [1.165, 1.54) is 0 Å². The van der Waals surface area contributed by atoms with E-state index in [-0.39, 0.29) is 31.4 Å². The van der Waals surface area contributed by atoms with Gasteiger partial charge in [-0.15, -0.1) is 6.42 Å². The highest BCUT2D eigenvalue weighted by Crippen LogP contribution is 2.25. The molecule has 218 valence electrons. The first kappa shape index (κ1) is 31.5. The monoisotopic (exact) mass is 560 g/mol. The van der Waals surface area contributed by atoms with Gasteiger partial charge in [-0.1, -0.05) is 0 Å². The summed E-state index contributed by atoms with van der Waals surface area (Å²) in [5.74, 6) is 50.0. The fraction of sp³-hybridized carbons (Fsp3) is 0.267. The maximum atomic E-state index is 6.32. The van der Waals surface area contributed by atoms with Gasteiger partial charge < -0.3 is 13.0 Å². The molecule has 0 saturated carbocycles. The first-order valence-corrected chi connectivity index (χ1v) is 19.5. The van der Waals surface area contributed by atoms with Gasteiger partial charge in [0.2, 0.25) is 0 Å². The molecule has 0 aromatic heterocycles. The van der Waals surface area contributed by atoms with Crippen molar-refractivity contribution in [1.82, 2.24) is 0 Å². The number of terminal acetylenes is 1. The van der Waals surface area contributed by atoms with Gasteiger partial charge in [-0.25, -0.2) is 0 Å². The Morgan fingerprint density at radius 2 is 0.861 bits per heavy atom. The van der Waals surface area contributed by atoms with Crippen molar-refractivity contribution in [1.29, 1.82) is 0 Å². The lowest BCUT2D eigenvalue weighted by Gasteiger charge is -2.35. The summed E-state index contributed by atoms with van der Waals surface area (Å²) in [5.41, 5.74) is 0.906. The summed E-state index contributed by atoms with van der Waals surface area (Å²) in [6.07, 6.45) is 7.63. The second-order valence-corrected chi connectivity index (χ2v) is 20.8. The van der Waals surface area contributed by atoms with Gasteiger partial charge in [0.15, 0.2) is 8.32 Å². The normalized spacial score (nSPS) is 8.17. The van der Waals surface area contributed by atoms with E-state index in [1.54, 1.807) is 7.11 Å². The van der Waals surface area contributed by atoms with Crippen LogP contribution in [-0.2, 0) is 13.0 Å². The molecule has 0 unspecified atom stereocenters. The van der Waals surface area contributed by atoms with Crippen molar-refractivity contribution in [3.05, 3.63) is 0 Å². The van der Waals surface area contributed by atoms with Crippen LogP contribution in [0.1, 0.15) is 31.4 Å². The van der Waals surface area contributed by atoms with E-state index in [9.17, 15) is 0 Å². The molecule has 0 aromatic rings. The molecule has 36 heavy (non-hydrogen) atoms. The summed E-state index contributed by atoms with van der Waals surface area (Å²) in [6.45, 7) is 12.7. The highest BCUT2D eigenvalue weighted by molar-refractivity contribution is 6.93. The van der Waals surface area contributed by atoms with E-state index < -0.39 is 25.2 Å². The second kappa shape index (κ2) is 17.9. The zero-order chi connectivity index (χ0) is 27.2. The minimum Gasteiger partial charge on any atom is -0.500 e. The smallest absolute Gasteiger partial charge is 0.321 e. The van der Waals surface area contributed by atoms with Crippen LogP contribution in [0.3, 0.4) is 0 Å². The Hall–Kier alpha value is -4.47. The fourth-order valence-corrected chi connectivity index (χ4v) is 18.0. The van der Waals surface area contributed by atoms with Crippen LogP contribution in [0.4, 0.5) is 0 Å². The molecular formula is C30H68O3Si3. The van der Waals surface area contributed by atoms with Gasteiger partial charge in [-0.05, 0) is 92.3 Å². The summed E-state index contributed by atoms with van der Waals surface area (Å²) < 4.78 is 17.7. The summed E-state index contributed by atoms with van der Waals surface area (Å²) in [6, 6.07) is 0. The van der Waals surface area contributed by atoms with Crippen LogP contribution in [0.15, 0.2) is 0 Å². The predicted molar refractivity (Wildman–Crippen MR) is 200 cm³/mol. The van der Waals surface area contributed by atoms with Crippen molar-refractivity contribution in [3.8, 4) is 131 Å². The average molecular weight is 561 g/mol. The molecule has 0 radical (unpaired) electrons. The molecule has 3 nitrogen and oxygen atoms in total. The van der Waals surface area contributed by atoms with Gasteiger partial charge >= 0.3 is 8.56 Å². The molecule has 0 heterocycles. The molecule has 0 spiro atoms. The van der Waals surface area contributed by atoms with E-state index in [0.29, 0.717) is 0 Å². The summed E-state index contributed by atoms with van der Waals surface area (Å²) >= 11 is 0. The topological polar surface area (TPSA) is 27.7 Å². The fourth-order valence-electron chi connectivity index (χ4n) is 2.56. The Balaban J connectivity index is -0.0000000265. The Morgan fingerprint density at radius 3 is 1.19 bits per heavy atom. The first-order valence-electron chi connectivity index (χ1n) is 10.4. The van der Waals surface area contributed by atoms with Crippen molar-refractivity contribution in [2.24, 2.45) is 0 Å². The summed E-state index contributed by atoms with van der Waals surface area (Å²) in [7, 11) is -4.33. The molecule has 0 amide bonds. The molecular weight excluding hydrogens is 493 g/mol. The molecule has 0 saturated heterocycles. The lowest BCUT2D eigenvalue weighted by molar-refractivity contribution is 0.310. The Bertz CT molecular complexity index is 1550. The van der Waals surface area contributed by atoms with E-state index >= 15 is 0 Å². The molecule has 0 N–H and O–H groups in total. The third-order valence-electron chi connectivity index (χ3n) is 3.44. The van der Waals surface area contributed by atoms with Gasteiger partial charge in [0.05, 0.1) is 0 Å². The maximum absolute atomic E-state index is 6.32. The number of hydrogen-bond acceptors (Lipinski definition) is 3. The largest absolute Gasteiger partial charge is 0.500 e. The lowest BCUT2D eigenvalue weighted by Crippen LogP contribution is -2.50. The van der Waals surface area contributed by atoms with Crippen LogP contribution in [0.25, 0.3) is 0 Å². The molecule has 0 rings (SSSR count). The van der Waals surface area contributed by atoms with Gasteiger partial charge in [-0.3, -0.25) is 0 Å². The summed E-state index contributed by atoms with van der Waals surface area (Å²) in [5, 5.41) is 0. The van der Waals surface area contributed by atoms with Crippen LogP contribution in [0, 0.1) is 131 Å². The highest BCUT2D eigenvalue weighted by atomic mass is 28.5. The molecule has 0 aliphatic rings. The Morgan fingerprint density at radius 1 is 0.528 bits per heavy atom. The molecule has 6 heteroatoms. The van der Waals surface area contributed by atoms with Gasteiger partial charge in [0.1, 0.15) is 6.11 Å². The van der Waals surface area contributed by atoms with Gasteiger partial charge in [-0.2, -0.15) is 0 Å². The van der Waals surface area contributed by atoms with E-state index in [0.717, 1.165) is 5.67 Å². The number of rotatable bonds is 6. The second-order valence-electron chi connectivity index (χ2n) is 8.13. The maximum Gasteiger partial charge on any atom is 0.321 e. The molecule has 0 bridgehead atoms. The van der Waals surface area contributed by atoms with Crippen molar-refractivity contribution >= 4 is 25.2 Å². The van der Waals surface area contributed by atoms with E-state index in [2.05, 4.69) is 151 Å². The van der Waals surface area contributed by atoms with Gasteiger partial charge in [0, 0.05) is 110 Å². The van der Waals surface area contributed by atoms with Crippen molar-refractivity contribution in [3.63, 3.8) is 0 Å². The van der Waals surface area contributed by atoms with Crippen molar-refractivity contribution < 1.29 is 44.4 Å². The molecule has 0 aliphatic heterocycles. The third-order valence-corrected chi connectivity index (χ3v) is 16.1. The van der Waals surface area contributed by atoms with Crippen LogP contribution in [-0.4, -0.2) is 32.3 Å². The minimum absolute atomic E-state index is 0. The van der Waals surface area contributed by atoms with Crippen molar-refractivity contribution in [2.45, 2.75) is 44.9 Å². The molecule has 0 atom stereocenters.